The van der Waals surface area contributed by atoms with Crippen molar-refractivity contribution in [2.45, 2.75) is 19.6 Å². The quantitative estimate of drug-likeness (QED) is 0.616. The summed E-state index contributed by atoms with van der Waals surface area (Å²) in [5, 5.41) is 15.2. The number of benzene rings is 2. The molecule has 3 N–H and O–H groups in total. The lowest BCUT2D eigenvalue weighted by Gasteiger charge is -2.21. The maximum atomic E-state index is 12.3. The standard InChI is InChI=1S/C21H27N3O4/c1-3-24(15-16-7-5-4-6-8-16)20(26)14-23-21(27)22-13-19(25)17-9-11-18(28-2)12-10-17/h4-12,19,25H,3,13-15H2,1-2H3,(H2,22,23,27). The zero-order valence-corrected chi connectivity index (χ0v) is 16.2. The summed E-state index contributed by atoms with van der Waals surface area (Å²) in [5.74, 6) is 0.522. The van der Waals surface area contributed by atoms with E-state index in [1.54, 1.807) is 36.3 Å². The zero-order chi connectivity index (χ0) is 20.4. The molecule has 2 rings (SSSR count). The first-order valence-electron chi connectivity index (χ1n) is 9.19. The van der Waals surface area contributed by atoms with Crippen molar-refractivity contribution in [3.8, 4) is 5.75 Å². The zero-order valence-electron chi connectivity index (χ0n) is 16.2. The smallest absolute Gasteiger partial charge is 0.315 e. The van der Waals surface area contributed by atoms with Gasteiger partial charge in [-0.2, -0.15) is 0 Å². The van der Waals surface area contributed by atoms with Crippen LogP contribution in [-0.4, -0.2) is 48.7 Å². The van der Waals surface area contributed by atoms with Crippen molar-refractivity contribution in [1.82, 2.24) is 15.5 Å². The van der Waals surface area contributed by atoms with Crippen LogP contribution >= 0.6 is 0 Å². The highest BCUT2D eigenvalue weighted by Crippen LogP contribution is 2.16. The molecule has 3 amide bonds. The van der Waals surface area contributed by atoms with Crippen LogP contribution in [0.2, 0.25) is 0 Å². The van der Waals surface area contributed by atoms with E-state index in [1.807, 2.05) is 37.3 Å². The van der Waals surface area contributed by atoms with Gasteiger partial charge in [-0.3, -0.25) is 4.79 Å². The molecule has 0 aliphatic rings. The minimum Gasteiger partial charge on any atom is -0.497 e. The minimum absolute atomic E-state index is 0.0356. The molecule has 0 spiro atoms. The lowest BCUT2D eigenvalue weighted by Crippen LogP contribution is -2.44. The molecule has 0 saturated heterocycles. The third-order valence-corrected chi connectivity index (χ3v) is 4.31. The number of likely N-dealkylation sites (N-methyl/N-ethyl adjacent to an activating group) is 1. The average molecular weight is 385 g/mol. The van der Waals surface area contributed by atoms with E-state index in [-0.39, 0.29) is 19.0 Å². The molecule has 0 radical (unpaired) electrons. The second kappa shape index (κ2) is 10.9. The van der Waals surface area contributed by atoms with Gasteiger partial charge in [-0.15, -0.1) is 0 Å². The molecule has 7 heteroatoms. The molecular formula is C21H27N3O4. The minimum atomic E-state index is -0.849. The molecule has 0 aliphatic carbocycles. The first-order valence-corrected chi connectivity index (χ1v) is 9.19. The van der Waals surface area contributed by atoms with Crippen molar-refractivity contribution < 1.29 is 19.4 Å². The summed E-state index contributed by atoms with van der Waals surface area (Å²) in [6, 6.07) is 16.1. The SMILES string of the molecule is CCN(Cc1ccccc1)C(=O)CNC(=O)NCC(O)c1ccc(OC)cc1. The van der Waals surface area contributed by atoms with E-state index in [4.69, 9.17) is 4.74 Å². The molecule has 2 aromatic carbocycles. The normalized spacial score (nSPS) is 11.4. The maximum absolute atomic E-state index is 12.3. The number of urea groups is 1. The van der Waals surface area contributed by atoms with Gasteiger partial charge in [0.25, 0.3) is 0 Å². The van der Waals surface area contributed by atoms with Crippen molar-refractivity contribution in [2.75, 3.05) is 26.7 Å². The summed E-state index contributed by atoms with van der Waals surface area (Å²) in [7, 11) is 1.57. The van der Waals surface area contributed by atoms with Crippen LogP contribution in [0.3, 0.4) is 0 Å². The number of amides is 3. The van der Waals surface area contributed by atoms with Gasteiger partial charge in [0, 0.05) is 19.6 Å². The Morgan fingerprint density at radius 3 is 2.36 bits per heavy atom. The molecule has 1 atom stereocenters. The van der Waals surface area contributed by atoms with Crippen LogP contribution in [0, 0.1) is 0 Å². The van der Waals surface area contributed by atoms with Crippen LogP contribution in [0.15, 0.2) is 54.6 Å². The number of methoxy groups -OCH3 is 1. The fraction of sp³-hybridized carbons (Fsp3) is 0.333. The van der Waals surface area contributed by atoms with E-state index in [0.29, 0.717) is 24.4 Å². The molecule has 0 bridgehead atoms. The number of carbonyl (C=O) groups is 2. The second-order valence-corrected chi connectivity index (χ2v) is 6.25. The molecule has 28 heavy (non-hydrogen) atoms. The summed E-state index contributed by atoms with van der Waals surface area (Å²) in [5.41, 5.74) is 1.70. The Balaban J connectivity index is 1.75. The fourth-order valence-electron chi connectivity index (χ4n) is 2.64. The molecule has 0 saturated carbocycles. The maximum Gasteiger partial charge on any atom is 0.315 e. The molecule has 0 aliphatic heterocycles. The third kappa shape index (κ3) is 6.59. The number of aliphatic hydroxyl groups excluding tert-OH is 1. The Kier molecular flexibility index (Phi) is 8.30. The lowest BCUT2D eigenvalue weighted by atomic mass is 10.1. The van der Waals surface area contributed by atoms with Crippen molar-refractivity contribution in [3.63, 3.8) is 0 Å². The topological polar surface area (TPSA) is 90.9 Å². The Morgan fingerprint density at radius 2 is 1.75 bits per heavy atom. The van der Waals surface area contributed by atoms with Crippen LogP contribution in [0.4, 0.5) is 4.79 Å². The largest absolute Gasteiger partial charge is 0.497 e. The van der Waals surface area contributed by atoms with Gasteiger partial charge >= 0.3 is 6.03 Å². The highest BCUT2D eigenvalue weighted by atomic mass is 16.5. The monoisotopic (exact) mass is 385 g/mol. The number of rotatable bonds is 9. The van der Waals surface area contributed by atoms with Gasteiger partial charge in [0.2, 0.25) is 5.91 Å². The van der Waals surface area contributed by atoms with Crippen LogP contribution in [0.1, 0.15) is 24.2 Å². The third-order valence-electron chi connectivity index (χ3n) is 4.31. The Labute approximate surface area is 165 Å². The Hall–Kier alpha value is -3.06. The molecule has 0 fully saturated rings. The number of hydrogen-bond donors (Lipinski definition) is 3. The lowest BCUT2D eigenvalue weighted by molar-refractivity contribution is -0.130. The van der Waals surface area contributed by atoms with E-state index >= 15 is 0 Å². The molecule has 2 aromatic rings. The molecule has 7 nitrogen and oxygen atoms in total. The van der Waals surface area contributed by atoms with E-state index in [9.17, 15) is 14.7 Å². The van der Waals surface area contributed by atoms with Crippen molar-refractivity contribution >= 4 is 11.9 Å². The van der Waals surface area contributed by atoms with Crippen molar-refractivity contribution in [1.29, 1.82) is 0 Å². The first-order chi connectivity index (χ1) is 13.5. The number of hydrogen-bond acceptors (Lipinski definition) is 4. The van der Waals surface area contributed by atoms with Gasteiger partial charge in [0.15, 0.2) is 0 Å². The van der Waals surface area contributed by atoms with E-state index in [1.165, 1.54) is 0 Å². The summed E-state index contributed by atoms with van der Waals surface area (Å²) in [4.78, 5) is 25.9. The Morgan fingerprint density at radius 1 is 1.07 bits per heavy atom. The van der Waals surface area contributed by atoms with E-state index in [0.717, 1.165) is 5.56 Å². The van der Waals surface area contributed by atoms with E-state index < -0.39 is 12.1 Å². The fourth-order valence-corrected chi connectivity index (χ4v) is 2.64. The summed E-state index contributed by atoms with van der Waals surface area (Å²) >= 11 is 0. The highest BCUT2D eigenvalue weighted by molar-refractivity contribution is 5.84. The number of ether oxygens (including phenoxy) is 1. The number of nitrogens with zero attached hydrogens (tertiary/aromatic N) is 1. The van der Waals surface area contributed by atoms with Crippen molar-refractivity contribution in [3.05, 3.63) is 65.7 Å². The molecule has 0 aromatic heterocycles. The van der Waals surface area contributed by atoms with Gasteiger partial charge in [-0.1, -0.05) is 42.5 Å². The molecule has 0 heterocycles. The molecule has 1 unspecified atom stereocenters. The van der Waals surface area contributed by atoms with Crippen LogP contribution in [0.5, 0.6) is 5.75 Å². The molecular weight excluding hydrogens is 358 g/mol. The van der Waals surface area contributed by atoms with Gasteiger partial charge in [-0.25, -0.2) is 4.79 Å². The average Bonchev–Trinajstić information content (AvgIpc) is 2.74. The Bertz CT molecular complexity index is 750. The first kappa shape index (κ1) is 21.2. The van der Waals surface area contributed by atoms with Gasteiger partial charge < -0.3 is 25.4 Å². The predicted molar refractivity (Wildman–Crippen MR) is 107 cm³/mol. The summed E-state index contributed by atoms with van der Waals surface area (Å²) in [6.45, 7) is 2.87. The van der Waals surface area contributed by atoms with Crippen LogP contribution < -0.4 is 15.4 Å². The van der Waals surface area contributed by atoms with Crippen LogP contribution in [0.25, 0.3) is 0 Å². The number of aliphatic hydroxyl groups is 1. The highest BCUT2D eigenvalue weighted by Gasteiger charge is 2.14. The molecule has 150 valence electrons. The second-order valence-electron chi connectivity index (χ2n) is 6.25. The predicted octanol–water partition coefficient (Wildman–Crippen LogP) is 2.08. The summed E-state index contributed by atoms with van der Waals surface area (Å²) in [6.07, 6.45) is -0.849. The van der Waals surface area contributed by atoms with Crippen molar-refractivity contribution in [2.24, 2.45) is 0 Å². The van der Waals surface area contributed by atoms with Gasteiger partial charge in [0.1, 0.15) is 5.75 Å². The number of carbonyl (C=O) groups excluding carboxylic acids is 2. The summed E-state index contributed by atoms with van der Waals surface area (Å²) < 4.78 is 5.07. The van der Waals surface area contributed by atoms with E-state index in [2.05, 4.69) is 10.6 Å². The van der Waals surface area contributed by atoms with Gasteiger partial charge in [0.05, 0.1) is 19.8 Å². The van der Waals surface area contributed by atoms with Gasteiger partial charge in [-0.05, 0) is 30.2 Å². The number of nitrogens with one attached hydrogen (secondary N) is 2. The van der Waals surface area contributed by atoms with Crippen LogP contribution in [-0.2, 0) is 11.3 Å².